The van der Waals surface area contributed by atoms with E-state index in [1.54, 1.807) is 11.8 Å². The number of hydrogen-bond donors (Lipinski definition) is 1. The molecule has 2 rings (SSSR count). The van der Waals surface area contributed by atoms with Crippen molar-refractivity contribution >= 4 is 35.0 Å². The third-order valence-corrected chi connectivity index (χ3v) is 4.42. The van der Waals surface area contributed by atoms with Gasteiger partial charge in [-0.2, -0.15) is 0 Å². The summed E-state index contributed by atoms with van der Waals surface area (Å²) in [5.41, 5.74) is 1.23. The van der Waals surface area contributed by atoms with Crippen molar-refractivity contribution in [3.05, 3.63) is 58.1 Å². The lowest BCUT2D eigenvalue weighted by atomic mass is 10.2. The average molecular weight is 326 g/mol. The van der Waals surface area contributed by atoms with Crippen molar-refractivity contribution in [2.24, 2.45) is 0 Å². The molecule has 0 amide bonds. The Bertz CT molecular complexity index is 555. The minimum atomic E-state index is 0.760. The van der Waals surface area contributed by atoms with Crippen molar-refractivity contribution < 1.29 is 0 Å². The van der Waals surface area contributed by atoms with Gasteiger partial charge in [-0.15, -0.1) is 0 Å². The number of halogens is 2. The van der Waals surface area contributed by atoms with Crippen LogP contribution in [-0.4, -0.2) is 6.54 Å². The van der Waals surface area contributed by atoms with Crippen LogP contribution in [0.1, 0.15) is 18.9 Å². The zero-order chi connectivity index (χ0) is 14.4. The molecule has 0 saturated carbocycles. The second-order valence-electron chi connectivity index (χ2n) is 4.48. The molecule has 2 aromatic carbocycles. The van der Waals surface area contributed by atoms with Crippen LogP contribution in [0.2, 0.25) is 10.0 Å². The second-order valence-corrected chi connectivity index (χ2v) is 6.47. The summed E-state index contributed by atoms with van der Waals surface area (Å²) in [4.78, 5) is 2.40. The van der Waals surface area contributed by atoms with E-state index in [9.17, 15) is 0 Å². The third-order valence-electron chi connectivity index (χ3n) is 2.81. The van der Waals surface area contributed by atoms with Gasteiger partial charge in [0.05, 0.1) is 0 Å². The lowest BCUT2D eigenvalue weighted by Crippen LogP contribution is -2.14. The first-order valence-corrected chi connectivity index (χ1v) is 8.19. The molecule has 20 heavy (non-hydrogen) atoms. The normalized spacial score (nSPS) is 10.8. The van der Waals surface area contributed by atoms with Gasteiger partial charge in [0.2, 0.25) is 0 Å². The molecular formula is C16H17Cl2NS. The van der Waals surface area contributed by atoms with Gasteiger partial charge in [0.1, 0.15) is 0 Å². The minimum Gasteiger partial charge on any atom is -0.313 e. The van der Waals surface area contributed by atoms with E-state index in [1.165, 1.54) is 15.4 Å². The number of benzene rings is 2. The summed E-state index contributed by atoms with van der Waals surface area (Å²) >= 11 is 13.7. The standard InChI is InChI=1S/C16H17Cl2NS/c1-2-9-19-11-12-10-14(18)5-8-16(12)20-15-6-3-13(17)4-7-15/h3-8,10,19H,2,9,11H2,1H3. The van der Waals surface area contributed by atoms with E-state index >= 15 is 0 Å². The van der Waals surface area contributed by atoms with E-state index in [4.69, 9.17) is 23.2 Å². The average Bonchev–Trinajstić information content (AvgIpc) is 2.44. The van der Waals surface area contributed by atoms with Crippen LogP contribution >= 0.6 is 35.0 Å². The Labute approximate surface area is 134 Å². The summed E-state index contributed by atoms with van der Waals surface area (Å²) < 4.78 is 0. The quantitative estimate of drug-likeness (QED) is 0.689. The largest absolute Gasteiger partial charge is 0.313 e. The molecule has 0 radical (unpaired) electrons. The van der Waals surface area contributed by atoms with Crippen LogP contribution in [0.15, 0.2) is 52.3 Å². The van der Waals surface area contributed by atoms with Crippen LogP contribution in [0, 0.1) is 0 Å². The topological polar surface area (TPSA) is 12.0 Å². The molecule has 0 aromatic heterocycles. The maximum atomic E-state index is 6.10. The minimum absolute atomic E-state index is 0.760. The van der Waals surface area contributed by atoms with Gasteiger partial charge >= 0.3 is 0 Å². The fraction of sp³-hybridized carbons (Fsp3) is 0.250. The van der Waals surface area contributed by atoms with Crippen molar-refractivity contribution in [2.75, 3.05) is 6.54 Å². The molecule has 0 aliphatic rings. The predicted molar refractivity (Wildman–Crippen MR) is 89.0 cm³/mol. The summed E-state index contributed by atoms with van der Waals surface area (Å²) in [6.45, 7) is 4.01. The Hall–Kier alpha value is -0.670. The van der Waals surface area contributed by atoms with E-state index in [1.807, 2.05) is 36.4 Å². The first-order chi connectivity index (χ1) is 9.69. The number of nitrogens with one attached hydrogen (secondary N) is 1. The molecule has 4 heteroatoms. The molecule has 0 aliphatic carbocycles. The van der Waals surface area contributed by atoms with Gasteiger partial charge in [-0.25, -0.2) is 0 Å². The van der Waals surface area contributed by atoms with E-state index in [-0.39, 0.29) is 0 Å². The maximum Gasteiger partial charge on any atom is 0.0410 e. The summed E-state index contributed by atoms with van der Waals surface area (Å²) in [7, 11) is 0. The van der Waals surface area contributed by atoms with Crippen LogP contribution < -0.4 is 5.32 Å². The van der Waals surface area contributed by atoms with E-state index in [0.717, 1.165) is 29.6 Å². The molecule has 0 heterocycles. The Balaban J connectivity index is 2.15. The van der Waals surface area contributed by atoms with Gasteiger partial charge in [0, 0.05) is 26.4 Å². The SMILES string of the molecule is CCCNCc1cc(Cl)ccc1Sc1ccc(Cl)cc1. The smallest absolute Gasteiger partial charge is 0.0410 e. The molecule has 0 spiro atoms. The highest BCUT2D eigenvalue weighted by atomic mass is 35.5. The van der Waals surface area contributed by atoms with Crippen molar-refractivity contribution in [3.8, 4) is 0 Å². The van der Waals surface area contributed by atoms with Gasteiger partial charge in [-0.3, -0.25) is 0 Å². The number of hydrogen-bond acceptors (Lipinski definition) is 2. The first kappa shape index (κ1) is 15.7. The van der Waals surface area contributed by atoms with E-state index < -0.39 is 0 Å². The molecule has 0 unspecified atom stereocenters. The molecule has 106 valence electrons. The first-order valence-electron chi connectivity index (χ1n) is 6.61. The maximum absolute atomic E-state index is 6.10. The van der Waals surface area contributed by atoms with Gasteiger partial charge in [-0.05, 0) is 61.0 Å². The second kappa shape index (κ2) is 7.94. The molecule has 1 N–H and O–H groups in total. The van der Waals surface area contributed by atoms with Crippen molar-refractivity contribution in [2.45, 2.75) is 29.7 Å². The highest BCUT2D eigenvalue weighted by Crippen LogP contribution is 2.32. The Morgan fingerprint density at radius 3 is 2.40 bits per heavy atom. The van der Waals surface area contributed by atoms with Crippen LogP contribution in [0.3, 0.4) is 0 Å². The van der Waals surface area contributed by atoms with E-state index in [2.05, 4.69) is 18.3 Å². The zero-order valence-electron chi connectivity index (χ0n) is 11.3. The Morgan fingerprint density at radius 2 is 1.70 bits per heavy atom. The summed E-state index contributed by atoms with van der Waals surface area (Å²) in [6, 6.07) is 13.9. The van der Waals surface area contributed by atoms with Gasteiger partial charge in [0.25, 0.3) is 0 Å². The zero-order valence-corrected chi connectivity index (χ0v) is 13.7. The molecule has 0 saturated heterocycles. The van der Waals surface area contributed by atoms with Crippen LogP contribution in [0.5, 0.6) is 0 Å². The molecule has 0 fully saturated rings. The van der Waals surface area contributed by atoms with E-state index in [0.29, 0.717) is 0 Å². The highest BCUT2D eigenvalue weighted by molar-refractivity contribution is 7.99. The molecule has 1 nitrogen and oxygen atoms in total. The fourth-order valence-corrected chi connectivity index (χ4v) is 3.06. The van der Waals surface area contributed by atoms with Crippen molar-refractivity contribution in [3.63, 3.8) is 0 Å². The van der Waals surface area contributed by atoms with Gasteiger partial charge < -0.3 is 5.32 Å². The van der Waals surface area contributed by atoms with Crippen molar-refractivity contribution in [1.29, 1.82) is 0 Å². The fourth-order valence-electron chi connectivity index (χ4n) is 1.82. The summed E-state index contributed by atoms with van der Waals surface area (Å²) in [5, 5.41) is 4.96. The molecule has 0 aliphatic heterocycles. The van der Waals surface area contributed by atoms with Gasteiger partial charge in [-0.1, -0.05) is 41.9 Å². The monoisotopic (exact) mass is 325 g/mol. The van der Waals surface area contributed by atoms with Crippen LogP contribution in [0.4, 0.5) is 0 Å². The Morgan fingerprint density at radius 1 is 1.00 bits per heavy atom. The Kier molecular flexibility index (Phi) is 6.24. The van der Waals surface area contributed by atoms with Crippen LogP contribution in [-0.2, 0) is 6.54 Å². The molecule has 2 aromatic rings. The molecule has 0 bridgehead atoms. The summed E-state index contributed by atoms with van der Waals surface area (Å²) in [6.07, 6.45) is 1.13. The number of rotatable bonds is 6. The van der Waals surface area contributed by atoms with Gasteiger partial charge in [0.15, 0.2) is 0 Å². The predicted octanol–water partition coefficient (Wildman–Crippen LogP) is 5.64. The van der Waals surface area contributed by atoms with Crippen LogP contribution in [0.25, 0.3) is 0 Å². The highest BCUT2D eigenvalue weighted by Gasteiger charge is 2.05. The summed E-state index contributed by atoms with van der Waals surface area (Å²) in [5.74, 6) is 0. The van der Waals surface area contributed by atoms with Crippen molar-refractivity contribution in [1.82, 2.24) is 5.32 Å². The molecule has 0 atom stereocenters. The molecular weight excluding hydrogens is 309 g/mol. The third kappa shape index (κ3) is 4.71. The lowest BCUT2D eigenvalue weighted by molar-refractivity contribution is 0.669. The lowest BCUT2D eigenvalue weighted by Gasteiger charge is -2.11.